The number of fused-ring (bicyclic) bond motifs is 3. The van der Waals surface area contributed by atoms with Crippen LogP contribution in [0.15, 0.2) is 30.4 Å². The Hall–Kier alpha value is -4.34. The molecule has 0 saturated carbocycles. The van der Waals surface area contributed by atoms with Gasteiger partial charge in [0.25, 0.3) is 0 Å². The van der Waals surface area contributed by atoms with Gasteiger partial charge in [0.15, 0.2) is 17.9 Å². The molecule has 0 spiro atoms. The number of phenols is 2. The highest BCUT2D eigenvalue weighted by Crippen LogP contribution is 2.52. The van der Waals surface area contributed by atoms with E-state index in [-0.39, 0.29) is 34.4 Å². The van der Waals surface area contributed by atoms with E-state index in [1.165, 1.54) is 25.3 Å². The summed E-state index contributed by atoms with van der Waals surface area (Å²) in [6.07, 6.45) is 1.13. The molecule has 0 unspecified atom stereocenters. The summed E-state index contributed by atoms with van der Waals surface area (Å²) >= 11 is 0. The van der Waals surface area contributed by atoms with Crippen LogP contribution in [0.4, 0.5) is 4.79 Å². The summed E-state index contributed by atoms with van der Waals surface area (Å²) in [5, 5.41) is 58.1. The maximum absolute atomic E-state index is 13.9. The highest BCUT2D eigenvalue weighted by molar-refractivity contribution is 6.31. The third-order valence-corrected chi connectivity index (χ3v) is 10.0. The number of hydrogen-bond acceptors (Lipinski definition) is 13. The van der Waals surface area contributed by atoms with Gasteiger partial charge in [0.05, 0.1) is 42.0 Å². The summed E-state index contributed by atoms with van der Waals surface area (Å²) in [5.41, 5.74) is -3.93. The van der Waals surface area contributed by atoms with Crippen molar-refractivity contribution in [3.63, 3.8) is 0 Å². The summed E-state index contributed by atoms with van der Waals surface area (Å²) in [6, 6.07) is 3.41. The second-order valence-corrected chi connectivity index (χ2v) is 13.3. The average Bonchev–Trinajstić information content (AvgIpc) is 3.07. The minimum atomic E-state index is -2.32. The first-order chi connectivity index (χ1) is 23.9. The standard InChI is InChI=1S/C36H41NO13/c1-17-30(40)21(37-35(45)49-18-9-6-4-3-5-7-10-18)13-25(48-17)50-23-15-36(46,24(39)16-38)14-20-27(23)34(44)29-28(32(20)42)31(41)19-11-8-12-22(47-2)26(19)33(29)43/h6,8-9,11-12,17-18,21,23,25,30,38,40,42,44,46H,3-5,7,10,13-16H2,1-2H3,(H,37,45)/b9-6+/t17-,18-,21-,23-,25-,30+,36-/m0/s1. The van der Waals surface area contributed by atoms with Crippen molar-refractivity contribution in [1.82, 2.24) is 5.32 Å². The Morgan fingerprint density at radius 1 is 1.06 bits per heavy atom. The number of aromatic hydroxyl groups is 2. The molecule has 2 aromatic carbocycles. The highest BCUT2D eigenvalue weighted by atomic mass is 16.7. The number of allylic oxidation sites excluding steroid dienone is 1. The molecule has 3 aliphatic carbocycles. The fourth-order valence-corrected chi connectivity index (χ4v) is 7.41. The number of aliphatic hydroxyl groups is 3. The van der Waals surface area contributed by atoms with E-state index in [4.69, 9.17) is 18.9 Å². The highest BCUT2D eigenvalue weighted by Gasteiger charge is 2.50. The molecule has 6 N–H and O–H groups in total. The molecule has 1 saturated heterocycles. The first kappa shape index (κ1) is 35.5. The molecule has 2 aromatic rings. The quantitative estimate of drug-likeness (QED) is 0.155. The SMILES string of the molecule is COc1cccc2c1C(=O)c1c(O)c3c(c(O)c1C2=O)C[C@@](O)(C(=O)CO)C[C@@H]3O[C@H]1C[C@H](NC(=O)O[C@H]2/C=C/CCCCC2)[C@H](O)[C@H](C)O1. The van der Waals surface area contributed by atoms with Gasteiger partial charge in [0, 0.05) is 36.0 Å². The van der Waals surface area contributed by atoms with Gasteiger partial charge in [-0.05, 0) is 44.7 Å². The fraction of sp³-hybridized carbons (Fsp3) is 0.500. The first-order valence-electron chi connectivity index (χ1n) is 16.7. The lowest BCUT2D eigenvalue weighted by molar-refractivity contribution is -0.249. The number of methoxy groups -OCH3 is 1. The van der Waals surface area contributed by atoms with E-state index in [2.05, 4.69) is 5.32 Å². The predicted molar refractivity (Wildman–Crippen MR) is 173 cm³/mol. The summed E-state index contributed by atoms with van der Waals surface area (Å²) < 4.78 is 23.0. The lowest BCUT2D eigenvalue weighted by Gasteiger charge is -2.42. The average molecular weight is 696 g/mol. The van der Waals surface area contributed by atoms with Crippen molar-refractivity contribution in [2.45, 2.75) is 101 Å². The summed E-state index contributed by atoms with van der Waals surface area (Å²) in [4.78, 5) is 53.4. The molecular weight excluding hydrogens is 654 g/mol. The number of ether oxygens (including phenoxy) is 4. The van der Waals surface area contributed by atoms with Crippen molar-refractivity contribution >= 4 is 23.4 Å². The van der Waals surface area contributed by atoms with Crippen molar-refractivity contribution < 1.29 is 63.7 Å². The van der Waals surface area contributed by atoms with Gasteiger partial charge in [-0.1, -0.05) is 24.6 Å². The van der Waals surface area contributed by atoms with E-state index < -0.39 is 108 Å². The molecule has 268 valence electrons. The Bertz CT molecular complexity index is 1740. The zero-order valence-electron chi connectivity index (χ0n) is 27.7. The van der Waals surface area contributed by atoms with Crippen LogP contribution in [0.1, 0.15) is 101 Å². The molecule has 7 atom stereocenters. The number of benzene rings is 2. The molecule has 0 aromatic heterocycles. The third-order valence-electron chi connectivity index (χ3n) is 10.0. The zero-order chi connectivity index (χ0) is 35.9. The predicted octanol–water partition coefficient (Wildman–Crippen LogP) is 2.66. The van der Waals surface area contributed by atoms with Crippen LogP contribution in [0.25, 0.3) is 0 Å². The summed E-state index contributed by atoms with van der Waals surface area (Å²) in [6.45, 7) is 0.487. The maximum atomic E-state index is 13.9. The topological polar surface area (TPSA) is 218 Å². The van der Waals surface area contributed by atoms with Crippen LogP contribution in [0.3, 0.4) is 0 Å². The van der Waals surface area contributed by atoms with Crippen LogP contribution in [0.2, 0.25) is 0 Å². The molecule has 4 aliphatic rings. The second kappa shape index (κ2) is 14.1. The van der Waals surface area contributed by atoms with E-state index >= 15 is 0 Å². The number of ketones is 3. The number of amides is 1. The van der Waals surface area contributed by atoms with Gasteiger partial charge in [-0.2, -0.15) is 0 Å². The summed E-state index contributed by atoms with van der Waals surface area (Å²) in [7, 11) is 1.31. The Morgan fingerprint density at radius 2 is 1.82 bits per heavy atom. The number of rotatable bonds is 7. The normalized spacial score (nSPS) is 29.8. The monoisotopic (exact) mass is 695 g/mol. The molecule has 1 fully saturated rings. The Labute approximate surface area is 287 Å². The lowest BCUT2D eigenvalue weighted by atomic mass is 9.72. The van der Waals surface area contributed by atoms with Crippen LogP contribution < -0.4 is 10.1 Å². The summed E-state index contributed by atoms with van der Waals surface area (Å²) in [5.74, 6) is -3.98. The zero-order valence-corrected chi connectivity index (χ0v) is 27.7. The van der Waals surface area contributed by atoms with Gasteiger partial charge in [0.2, 0.25) is 5.78 Å². The number of alkyl carbamates (subject to hydrolysis) is 1. The van der Waals surface area contributed by atoms with E-state index in [0.29, 0.717) is 6.42 Å². The van der Waals surface area contributed by atoms with Crippen molar-refractivity contribution in [2.24, 2.45) is 0 Å². The molecule has 1 aliphatic heterocycles. The maximum Gasteiger partial charge on any atom is 0.408 e. The minimum absolute atomic E-state index is 0.0737. The molecule has 14 nitrogen and oxygen atoms in total. The van der Waals surface area contributed by atoms with Crippen LogP contribution in [-0.2, 0) is 25.4 Å². The minimum Gasteiger partial charge on any atom is -0.507 e. The largest absolute Gasteiger partial charge is 0.507 e. The number of carbonyl (C=O) groups is 4. The smallest absolute Gasteiger partial charge is 0.408 e. The Morgan fingerprint density at radius 3 is 2.56 bits per heavy atom. The molecule has 14 heteroatoms. The van der Waals surface area contributed by atoms with Crippen molar-refractivity contribution in [3.05, 3.63) is 63.7 Å². The number of hydrogen-bond donors (Lipinski definition) is 6. The number of nitrogens with one attached hydrogen (secondary N) is 1. The van der Waals surface area contributed by atoms with E-state index in [1.807, 2.05) is 12.2 Å². The van der Waals surface area contributed by atoms with Crippen LogP contribution in [0, 0.1) is 0 Å². The van der Waals surface area contributed by atoms with E-state index in [9.17, 15) is 44.7 Å². The van der Waals surface area contributed by atoms with E-state index in [0.717, 1.165) is 25.7 Å². The number of Topliss-reactive ketones (excluding diaryl/α,β-unsaturated/α-hetero) is 1. The number of phenolic OH excluding ortho intramolecular Hbond substituents is 2. The van der Waals surface area contributed by atoms with E-state index in [1.54, 1.807) is 6.92 Å². The van der Waals surface area contributed by atoms with Crippen LogP contribution >= 0.6 is 0 Å². The van der Waals surface area contributed by atoms with Gasteiger partial charge >= 0.3 is 6.09 Å². The third kappa shape index (κ3) is 6.37. The van der Waals surface area contributed by atoms with Gasteiger partial charge in [-0.25, -0.2) is 4.79 Å². The van der Waals surface area contributed by atoms with Crippen molar-refractivity contribution in [3.8, 4) is 17.2 Å². The van der Waals surface area contributed by atoms with Gasteiger partial charge in [-0.3, -0.25) is 14.4 Å². The molecular formula is C36H41NO13. The fourth-order valence-electron chi connectivity index (χ4n) is 7.41. The molecule has 1 amide bonds. The molecule has 0 radical (unpaired) electrons. The number of aliphatic hydroxyl groups excluding tert-OH is 2. The molecule has 6 rings (SSSR count). The number of carbonyl (C=O) groups excluding carboxylic acids is 4. The Balaban J connectivity index is 1.33. The molecule has 0 bridgehead atoms. The molecule has 1 heterocycles. The van der Waals surface area contributed by atoms with Crippen molar-refractivity contribution in [2.75, 3.05) is 13.7 Å². The van der Waals surface area contributed by atoms with Crippen molar-refractivity contribution in [1.29, 1.82) is 0 Å². The van der Waals surface area contributed by atoms with Gasteiger partial charge in [-0.15, -0.1) is 0 Å². The second-order valence-electron chi connectivity index (χ2n) is 13.3. The Kier molecular flexibility index (Phi) is 10.0. The lowest BCUT2D eigenvalue weighted by Crippen LogP contribution is -2.56. The van der Waals surface area contributed by atoms with Gasteiger partial charge < -0.3 is 49.8 Å². The van der Waals surface area contributed by atoms with Crippen LogP contribution in [-0.4, -0.2) is 98.9 Å². The molecule has 50 heavy (non-hydrogen) atoms. The van der Waals surface area contributed by atoms with Gasteiger partial charge in [0.1, 0.15) is 41.7 Å². The first-order valence-corrected chi connectivity index (χ1v) is 16.7. The van der Waals surface area contributed by atoms with Crippen LogP contribution in [0.5, 0.6) is 17.2 Å².